The fourth-order valence-corrected chi connectivity index (χ4v) is 2.63. The molecule has 2 heteroatoms. The molecule has 0 saturated carbocycles. The zero-order chi connectivity index (χ0) is 12.1. The molecule has 0 aliphatic heterocycles. The molecule has 1 aromatic carbocycles. The first-order chi connectivity index (χ1) is 8.25. The third-order valence-electron chi connectivity index (χ3n) is 2.94. The summed E-state index contributed by atoms with van der Waals surface area (Å²) in [5.74, 6) is 0. The van der Waals surface area contributed by atoms with Crippen molar-refractivity contribution in [2.45, 2.75) is 32.3 Å². The fourth-order valence-electron chi connectivity index (χ4n) is 1.88. The zero-order valence-electron chi connectivity index (χ0n) is 10.1. The number of rotatable bonds is 5. The average molecular weight is 246 g/mol. The van der Waals surface area contributed by atoms with E-state index in [-0.39, 0.29) is 6.10 Å². The molecular weight excluding hydrogens is 228 g/mol. The normalized spacial score (nSPS) is 12.6. The number of aliphatic hydroxyl groups excluding tert-OH is 1. The Balaban J connectivity index is 1.81. The fraction of sp³-hybridized carbons (Fsp3) is 0.333. The van der Waals surface area contributed by atoms with Crippen LogP contribution in [0.15, 0.2) is 41.8 Å². The van der Waals surface area contributed by atoms with Gasteiger partial charge < -0.3 is 5.11 Å². The van der Waals surface area contributed by atoms with Crippen LogP contribution < -0.4 is 0 Å². The molecule has 17 heavy (non-hydrogen) atoms. The molecule has 0 fully saturated rings. The van der Waals surface area contributed by atoms with Gasteiger partial charge in [0.15, 0.2) is 0 Å². The molecule has 1 nitrogen and oxygen atoms in total. The van der Waals surface area contributed by atoms with Crippen molar-refractivity contribution < 1.29 is 5.11 Å². The standard InChI is InChI=1S/C15H18OS/c1-12-7-9-13(10-8-12)15(16)6-2-4-14-5-3-11-17-14/h3,5,7-11,15-16H,2,4,6H2,1H3. The number of hydrogen-bond acceptors (Lipinski definition) is 2. The van der Waals surface area contributed by atoms with Gasteiger partial charge >= 0.3 is 0 Å². The van der Waals surface area contributed by atoms with E-state index < -0.39 is 0 Å². The van der Waals surface area contributed by atoms with Gasteiger partial charge in [0.1, 0.15) is 0 Å². The van der Waals surface area contributed by atoms with Gasteiger partial charge in [-0.3, -0.25) is 0 Å². The molecule has 1 unspecified atom stereocenters. The monoisotopic (exact) mass is 246 g/mol. The largest absolute Gasteiger partial charge is 0.388 e. The van der Waals surface area contributed by atoms with Crippen LogP contribution in [0.3, 0.4) is 0 Å². The lowest BCUT2D eigenvalue weighted by atomic mass is 10.0. The summed E-state index contributed by atoms with van der Waals surface area (Å²) in [6, 6.07) is 12.4. The van der Waals surface area contributed by atoms with E-state index in [1.807, 2.05) is 12.1 Å². The summed E-state index contributed by atoms with van der Waals surface area (Å²) in [7, 11) is 0. The maximum absolute atomic E-state index is 10.0. The van der Waals surface area contributed by atoms with Crippen molar-refractivity contribution in [1.82, 2.24) is 0 Å². The van der Waals surface area contributed by atoms with Gasteiger partial charge in [-0.05, 0) is 43.2 Å². The van der Waals surface area contributed by atoms with Gasteiger partial charge in [-0.1, -0.05) is 35.9 Å². The number of hydrogen-bond donors (Lipinski definition) is 1. The maximum Gasteiger partial charge on any atom is 0.0790 e. The van der Waals surface area contributed by atoms with Gasteiger partial charge in [0.2, 0.25) is 0 Å². The molecule has 0 saturated heterocycles. The highest BCUT2D eigenvalue weighted by Gasteiger charge is 2.06. The van der Waals surface area contributed by atoms with Crippen LogP contribution in [0.25, 0.3) is 0 Å². The first-order valence-electron chi connectivity index (χ1n) is 6.03. The summed E-state index contributed by atoms with van der Waals surface area (Å²) >= 11 is 1.79. The van der Waals surface area contributed by atoms with Gasteiger partial charge in [-0.15, -0.1) is 11.3 Å². The van der Waals surface area contributed by atoms with E-state index in [2.05, 4.69) is 36.6 Å². The molecule has 1 aromatic heterocycles. The lowest BCUT2D eigenvalue weighted by Gasteiger charge is -2.10. The van der Waals surface area contributed by atoms with E-state index in [0.29, 0.717) is 0 Å². The molecule has 0 radical (unpaired) electrons. The minimum absolute atomic E-state index is 0.324. The van der Waals surface area contributed by atoms with Crippen molar-refractivity contribution in [1.29, 1.82) is 0 Å². The second-order valence-electron chi connectivity index (χ2n) is 4.40. The van der Waals surface area contributed by atoms with Crippen LogP contribution in [0.1, 0.15) is 34.9 Å². The molecule has 2 aromatic rings. The number of benzene rings is 1. The molecule has 1 atom stereocenters. The second kappa shape index (κ2) is 5.99. The van der Waals surface area contributed by atoms with Gasteiger partial charge in [0, 0.05) is 4.88 Å². The minimum atomic E-state index is -0.324. The number of thiophene rings is 1. The van der Waals surface area contributed by atoms with Crippen LogP contribution in [-0.4, -0.2) is 5.11 Å². The van der Waals surface area contributed by atoms with E-state index in [0.717, 1.165) is 24.8 Å². The topological polar surface area (TPSA) is 20.2 Å². The van der Waals surface area contributed by atoms with Crippen LogP contribution in [-0.2, 0) is 6.42 Å². The highest BCUT2D eigenvalue weighted by Crippen LogP contribution is 2.21. The first kappa shape index (κ1) is 12.3. The van der Waals surface area contributed by atoms with Crippen LogP contribution in [0.2, 0.25) is 0 Å². The molecule has 0 spiro atoms. The minimum Gasteiger partial charge on any atom is -0.388 e. The summed E-state index contributed by atoms with van der Waals surface area (Å²) in [4.78, 5) is 1.40. The lowest BCUT2D eigenvalue weighted by Crippen LogP contribution is -1.98. The maximum atomic E-state index is 10.0. The summed E-state index contributed by atoms with van der Waals surface area (Å²) < 4.78 is 0. The van der Waals surface area contributed by atoms with E-state index in [9.17, 15) is 5.11 Å². The highest BCUT2D eigenvalue weighted by atomic mass is 32.1. The van der Waals surface area contributed by atoms with Crippen LogP contribution in [0.5, 0.6) is 0 Å². The van der Waals surface area contributed by atoms with Gasteiger partial charge in [-0.25, -0.2) is 0 Å². The molecule has 0 aliphatic carbocycles. The van der Waals surface area contributed by atoms with E-state index >= 15 is 0 Å². The molecular formula is C15H18OS. The Hall–Kier alpha value is -1.12. The molecule has 2 rings (SSSR count). The first-order valence-corrected chi connectivity index (χ1v) is 6.90. The quantitative estimate of drug-likeness (QED) is 0.841. The lowest BCUT2D eigenvalue weighted by molar-refractivity contribution is 0.165. The summed E-state index contributed by atoms with van der Waals surface area (Å²) in [6.07, 6.45) is 2.62. The Morgan fingerprint density at radius 2 is 1.94 bits per heavy atom. The van der Waals surface area contributed by atoms with Crippen molar-refractivity contribution in [3.8, 4) is 0 Å². The Kier molecular flexibility index (Phi) is 4.35. The molecule has 0 bridgehead atoms. The Bertz CT molecular complexity index is 430. The van der Waals surface area contributed by atoms with E-state index in [1.165, 1.54) is 10.4 Å². The third kappa shape index (κ3) is 3.69. The van der Waals surface area contributed by atoms with Crippen LogP contribution >= 0.6 is 11.3 Å². The third-order valence-corrected chi connectivity index (χ3v) is 3.88. The van der Waals surface area contributed by atoms with Gasteiger partial charge in [-0.2, -0.15) is 0 Å². The average Bonchev–Trinajstić information content (AvgIpc) is 2.83. The van der Waals surface area contributed by atoms with Gasteiger partial charge in [0.05, 0.1) is 6.10 Å². The number of aryl methyl sites for hydroxylation is 2. The smallest absolute Gasteiger partial charge is 0.0790 e. The SMILES string of the molecule is Cc1ccc(C(O)CCCc2cccs2)cc1. The molecule has 0 aliphatic rings. The van der Waals surface area contributed by atoms with Crippen molar-refractivity contribution in [3.05, 3.63) is 57.8 Å². The second-order valence-corrected chi connectivity index (χ2v) is 5.43. The molecule has 90 valence electrons. The number of aliphatic hydroxyl groups is 1. The summed E-state index contributed by atoms with van der Waals surface area (Å²) in [6.45, 7) is 2.06. The van der Waals surface area contributed by atoms with Crippen molar-refractivity contribution in [2.24, 2.45) is 0 Å². The zero-order valence-corrected chi connectivity index (χ0v) is 10.9. The Morgan fingerprint density at radius 3 is 2.59 bits per heavy atom. The molecule has 0 amide bonds. The Labute approximate surface area is 107 Å². The van der Waals surface area contributed by atoms with Crippen LogP contribution in [0.4, 0.5) is 0 Å². The summed E-state index contributed by atoms with van der Waals surface area (Å²) in [5.41, 5.74) is 2.27. The molecule has 1 N–H and O–H groups in total. The van der Waals surface area contributed by atoms with Crippen molar-refractivity contribution in [3.63, 3.8) is 0 Å². The summed E-state index contributed by atoms with van der Waals surface area (Å²) in [5, 5.41) is 12.1. The predicted octanol–water partition coefficient (Wildman–Crippen LogP) is 4.11. The predicted molar refractivity (Wildman–Crippen MR) is 73.4 cm³/mol. The van der Waals surface area contributed by atoms with Crippen molar-refractivity contribution in [2.75, 3.05) is 0 Å². The Morgan fingerprint density at radius 1 is 1.18 bits per heavy atom. The van der Waals surface area contributed by atoms with Crippen molar-refractivity contribution >= 4 is 11.3 Å². The van der Waals surface area contributed by atoms with Crippen LogP contribution in [0, 0.1) is 6.92 Å². The highest BCUT2D eigenvalue weighted by molar-refractivity contribution is 7.09. The van der Waals surface area contributed by atoms with E-state index in [1.54, 1.807) is 11.3 Å². The van der Waals surface area contributed by atoms with E-state index in [4.69, 9.17) is 0 Å². The molecule has 1 heterocycles. The van der Waals surface area contributed by atoms with Gasteiger partial charge in [0.25, 0.3) is 0 Å².